The molecule has 2 aromatic rings. The normalized spacial score (nSPS) is 11.4. The molecule has 2 rings (SSSR count). The molecule has 0 saturated carbocycles. The average Bonchev–Trinajstić information content (AvgIpc) is 3.14. The summed E-state index contributed by atoms with van der Waals surface area (Å²) in [4.78, 5) is 10.8. The van der Waals surface area contributed by atoms with Crippen LogP contribution in [-0.2, 0) is 11.3 Å². The maximum Gasteiger partial charge on any atom is 0.246 e. The zero-order valence-electron chi connectivity index (χ0n) is 16.4. The first-order valence-electron chi connectivity index (χ1n) is 8.83. The monoisotopic (exact) mass is 522 g/mol. The van der Waals surface area contributed by atoms with Crippen LogP contribution in [0.3, 0.4) is 0 Å². The molecule has 0 unspecified atom stereocenters. The van der Waals surface area contributed by atoms with Crippen LogP contribution in [0.4, 0.5) is 0 Å². The maximum absolute atomic E-state index is 6.00. The molecule has 0 fully saturated rings. The van der Waals surface area contributed by atoms with Crippen molar-refractivity contribution >= 4 is 41.5 Å². The van der Waals surface area contributed by atoms with E-state index in [-0.39, 0.29) is 24.0 Å². The molecule has 0 radical (unpaired) electrons. The van der Waals surface area contributed by atoms with Crippen LogP contribution in [0.1, 0.15) is 12.3 Å². The highest BCUT2D eigenvalue weighted by Gasteiger charge is 2.09. The summed E-state index contributed by atoms with van der Waals surface area (Å²) in [6.45, 7) is 3.85. The SMILES string of the molecule is CN=C(NCCN(C)CCCOC)NCc1nc(-c2cccc(Cl)c2)no1.I. The number of nitrogens with zero attached hydrogens (tertiary/aromatic N) is 4. The van der Waals surface area contributed by atoms with Crippen molar-refractivity contribution in [3.05, 3.63) is 35.2 Å². The van der Waals surface area contributed by atoms with Crippen molar-refractivity contribution < 1.29 is 9.26 Å². The zero-order valence-corrected chi connectivity index (χ0v) is 19.5. The fourth-order valence-corrected chi connectivity index (χ4v) is 2.60. The Balaban J connectivity index is 0.00000392. The lowest BCUT2D eigenvalue weighted by molar-refractivity contribution is 0.180. The number of hydrogen-bond donors (Lipinski definition) is 2. The Morgan fingerprint density at radius 2 is 2.14 bits per heavy atom. The first-order chi connectivity index (χ1) is 13.1. The van der Waals surface area contributed by atoms with Crippen LogP contribution < -0.4 is 10.6 Å². The van der Waals surface area contributed by atoms with Gasteiger partial charge in [-0.05, 0) is 25.6 Å². The van der Waals surface area contributed by atoms with Crippen molar-refractivity contribution in [2.45, 2.75) is 13.0 Å². The second kappa shape index (κ2) is 13.7. The van der Waals surface area contributed by atoms with Crippen LogP contribution in [0.15, 0.2) is 33.8 Å². The second-order valence-electron chi connectivity index (χ2n) is 6.02. The molecular weight excluding hydrogens is 495 g/mol. The van der Waals surface area contributed by atoms with Gasteiger partial charge < -0.3 is 24.8 Å². The van der Waals surface area contributed by atoms with Gasteiger partial charge in [0.25, 0.3) is 0 Å². The summed E-state index contributed by atoms with van der Waals surface area (Å²) in [5.74, 6) is 1.67. The largest absolute Gasteiger partial charge is 0.385 e. The first-order valence-corrected chi connectivity index (χ1v) is 9.20. The van der Waals surface area contributed by atoms with Gasteiger partial charge >= 0.3 is 0 Å². The Morgan fingerprint density at radius 1 is 1.32 bits per heavy atom. The predicted octanol–water partition coefficient (Wildman–Crippen LogP) is 2.64. The van der Waals surface area contributed by atoms with Crippen LogP contribution in [0.5, 0.6) is 0 Å². The third-order valence-corrected chi connectivity index (χ3v) is 4.09. The molecule has 2 N–H and O–H groups in total. The van der Waals surface area contributed by atoms with Crippen molar-refractivity contribution in [1.82, 2.24) is 25.7 Å². The minimum Gasteiger partial charge on any atom is -0.385 e. The van der Waals surface area contributed by atoms with Crippen LogP contribution >= 0.6 is 35.6 Å². The molecule has 0 spiro atoms. The fourth-order valence-electron chi connectivity index (χ4n) is 2.41. The predicted molar refractivity (Wildman–Crippen MR) is 122 cm³/mol. The number of aliphatic imine (C=N–C) groups is 1. The van der Waals surface area contributed by atoms with Crippen molar-refractivity contribution in [3.63, 3.8) is 0 Å². The standard InChI is InChI=1S/C18H27ClN6O2.HI/c1-20-18(21-8-10-25(2)9-5-11-26-3)22-13-16-23-17(24-27-16)14-6-4-7-15(19)12-14;/h4,6-7,12H,5,8-11,13H2,1-3H3,(H2,20,21,22);1H. The number of ether oxygens (including phenoxy) is 1. The summed E-state index contributed by atoms with van der Waals surface area (Å²) in [5, 5.41) is 11.1. The first kappa shape index (κ1) is 24.6. The number of guanidine groups is 1. The van der Waals surface area contributed by atoms with E-state index in [9.17, 15) is 0 Å². The van der Waals surface area contributed by atoms with Crippen molar-refractivity contribution in [3.8, 4) is 11.4 Å². The van der Waals surface area contributed by atoms with E-state index in [4.69, 9.17) is 20.9 Å². The Kier molecular flexibility index (Phi) is 12.0. The number of methoxy groups -OCH3 is 1. The zero-order chi connectivity index (χ0) is 19.5. The minimum absolute atomic E-state index is 0. The molecule has 28 heavy (non-hydrogen) atoms. The van der Waals surface area contributed by atoms with Gasteiger partial charge in [0.05, 0.1) is 6.54 Å². The number of benzene rings is 1. The summed E-state index contributed by atoms with van der Waals surface area (Å²) in [7, 11) is 5.53. The molecule has 10 heteroatoms. The smallest absolute Gasteiger partial charge is 0.246 e. The van der Waals surface area contributed by atoms with Gasteiger partial charge in [-0.15, -0.1) is 24.0 Å². The van der Waals surface area contributed by atoms with Gasteiger partial charge in [0.15, 0.2) is 5.96 Å². The summed E-state index contributed by atoms with van der Waals surface area (Å²) in [6.07, 6.45) is 1.02. The lowest BCUT2D eigenvalue weighted by atomic mass is 10.2. The van der Waals surface area contributed by atoms with E-state index in [0.29, 0.717) is 29.2 Å². The number of rotatable bonds is 10. The molecule has 0 amide bonds. The molecule has 156 valence electrons. The second-order valence-corrected chi connectivity index (χ2v) is 6.46. The summed E-state index contributed by atoms with van der Waals surface area (Å²) in [6, 6.07) is 7.34. The van der Waals surface area contributed by atoms with Crippen molar-refractivity contribution in [2.75, 3.05) is 47.4 Å². The topological polar surface area (TPSA) is 87.8 Å². The van der Waals surface area contributed by atoms with E-state index in [2.05, 4.69) is 37.7 Å². The highest BCUT2D eigenvalue weighted by Crippen LogP contribution is 2.19. The molecule has 0 saturated heterocycles. The van der Waals surface area contributed by atoms with Gasteiger partial charge in [0, 0.05) is 51.0 Å². The van der Waals surface area contributed by atoms with Crippen molar-refractivity contribution in [1.29, 1.82) is 0 Å². The van der Waals surface area contributed by atoms with Gasteiger partial charge in [-0.1, -0.05) is 28.9 Å². The molecule has 1 heterocycles. The van der Waals surface area contributed by atoms with E-state index in [1.54, 1.807) is 26.3 Å². The van der Waals surface area contributed by atoms with E-state index in [1.165, 1.54) is 0 Å². The van der Waals surface area contributed by atoms with Gasteiger partial charge in [0.2, 0.25) is 11.7 Å². The quantitative estimate of drug-likeness (QED) is 0.215. The van der Waals surface area contributed by atoms with Gasteiger partial charge in [-0.2, -0.15) is 4.98 Å². The van der Waals surface area contributed by atoms with Crippen molar-refractivity contribution in [2.24, 2.45) is 4.99 Å². The highest BCUT2D eigenvalue weighted by molar-refractivity contribution is 14.0. The lowest BCUT2D eigenvalue weighted by Crippen LogP contribution is -2.40. The van der Waals surface area contributed by atoms with Gasteiger partial charge in [-0.25, -0.2) is 0 Å². The number of halogens is 2. The summed E-state index contributed by atoms with van der Waals surface area (Å²) < 4.78 is 10.3. The average molecular weight is 523 g/mol. The summed E-state index contributed by atoms with van der Waals surface area (Å²) in [5.41, 5.74) is 0.816. The Hall–Kier alpha value is -1.43. The van der Waals surface area contributed by atoms with E-state index in [1.807, 2.05) is 12.1 Å². The molecule has 1 aromatic heterocycles. The fraction of sp³-hybridized carbons (Fsp3) is 0.500. The molecule has 0 atom stereocenters. The van der Waals surface area contributed by atoms with Crippen LogP contribution in [-0.4, -0.2) is 68.4 Å². The lowest BCUT2D eigenvalue weighted by Gasteiger charge is -2.17. The Bertz CT molecular complexity index is 728. The number of likely N-dealkylation sites (N-methyl/N-ethyl adjacent to an activating group) is 1. The number of hydrogen-bond acceptors (Lipinski definition) is 6. The highest BCUT2D eigenvalue weighted by atomic mass is 127. The molecule has 8 nitrogen and oxygen atoms in total. The summed E-state index contributed by atoms with van der Waals surface area (Å²) >= 11 is 6.00. The molecule has 0 bridgehead atoms. The maximum atomic E-state index is 6.00. The van der Waals surface area contributed by atoms with E-state index < -0.39 is 0 Å². The van der Waals surface area contributed by atoms with E-state index >= 15 is 0 Å². The molecule has 0 aliphatic carbocycles. The van der Waals surface area contributed by atoms with Gasteiger partial charge in [-0.3, -0.25) is 4.99 Å². The molecule has 0 aliphatic heterocycles. The Labute approximate surface area is 188 Å². The molecular formula is C18H28ClIN6O2. The van der Waals surface area contributed by atoms with E-state index in [0.717, 1.165) is 38.2 Å². The Morgan fingerprint density at radius 3 is 2.86 bits per heavy atom. The van der Waals surface area contributed by atoms with Crippen LogP contribution in [0.2, 0.25) is 5.02 Å². The third kappa shape index (κ3) is 8.72. The number of nitrogens with one attached hydrogen (secondary N) is 2. The molecule has 1 aromatic carbocycles. The van der Waals surface area contributed by atoms with Crippen LogP contribution in [0, 0.1) is 0 Å². The molecule has 0 aliphatic rings. The number of aromatic nitrogens is 2. The van der Waals surface area contributed by atoms with Gasteiger partial charge in [0.1, 0.15) is 0 Å². The minimum atomic E-state index is 0. The van der Waals surface area contributed by atoms with Crippen LogP contribution in [0.25, 0.3) is 11.4 Å². The third-order valence-electron chi connectivity index (χ3n) is 3.86.